The Bertz CT molecular complexity index is 2600. The molecule has 4 amide bonds. The highest BCUT2D eigenvalue weighted by molar-refractivity contribution is 7.90. The fourth-order valence-electron chi connectivity index (χ4n) is 7.70. The van der Waals surface area contributed by atoms with Crippen LogP contribution in [0.25, 0.3) is 0 Å². The molecule has 21 nitrogen and oxygen atoms in total. The first kappa shape index (κ1) is 57.5. The second-order valence-corrected chi connectivity index (χ2v) is 20.2. The highest BCUT2D eigenvalue weighted by Gasteiger charge is 2.34. The predicted molar refractivity (Wildman–Crippen MR) is 266 cm³/mol. The summed E-state index contributed by atoms with van der Waals surface area (Å²) in [6.45, 7) is 10.3. The van der Waals surface area contributed by atoms with Crippen LogP contribution in [0, 0.1) is 20.8 Å². The summed E-state index contributed by atoms with van der Waals surface area (Å²) in [5.74, 6) is -2.94. The van der Waals surface area contributed by atoms with E-state index in [-0.39, 0.29) is 37.6 Å². The Kier molecular flexibility index (Phi) is 20.2. The van der Waals surface area contributed by atoms with Gasteiger partial charge in [0, 0.05) is 31.3 Å². The van der Waals surface area contributed by atoms with Gasteiger partial charge in [-0.1, -0.05) is 30.3 Å². The van der Waals surface area contributed by atoms with Crippen molar-refractivity contribution >= 4 is 51.7 Å². The molecule has 22 heteroatoms. The molecular formula is C50H69N7O14S. The van der Waals surface area contributed by atoms with Crippen molar-refractivity contribution in [2.24, 2.45) is 10.1 Å². The number of hydrogen-bond acceptors (Lipinski definition) is 14. The number of carbonyl (C=O) groups excluding carboxylic acids is 6. The van der Waals surface area contributed by atoms with Crippen LogP contribution >= 0.6 is 0 Å². The van der Waals surface area contributed by atoms with Crippen molar-refractivity contribution in [3.8, 4) is 17.2 Å². The normalized spacial score (nSPS) is 13.1. The van der Waals surface area contributed by atoms with E-state index in [0.717, 1.165) is 22.5 Å². The first-order valence-corrected chi connectivity index (χ1v) is 24.6. The van der Waals surface area contributed by atoms with Crippen LogP contribution in [0.3, 0.4) is 0 Å². The SMILES string of the molecule is COC(=O)CNC(=O)CN(CC(=O)OC(C)(C)C)C(=O)CN(CCCN(Cc1ccc(OC)cc1OC)/C(N)=N/S(=O)(=O)c1c(C)c(C)c2c(c1C)CCC(C)(C)O2)C(=O)CNC(=O)OCc1ccccc1. The number of alkyl carbamates (subject to hydrolysis) is 1. The Balaban J connectivity index is 1.69. The number of carbonyl (C=O) groups is 6. The molecule has 0 atom stereocenters. The first-order chi connectivity index (χ1) is 33.8. The van der Waals surface area contributed by atoms with Crippen molar-refractivity contribution < 1.29 is 65.6 Å². The van der Waals surface area contributed by atoms with Gasteiger partial charge in [0.2, 0.25) is 23.7 Å². The molecule has 1 aliphatic rings. The molecule has 394 valence electrons. The van der Waals surface area contributed by atoms with Crippen molar-refractivity contribution in [1.82, 2.24) is 25.3 Å². The molecular weight excluding hydrogens is 955 g/mol. The van der Waals surface area contributed by atoms with Crippen molar-refractivity contribution in [3.63, 3.8) is 0 Å². The van der Waals surface area contributed by atoms with Crippen LogP contribution in [-0.4, -0.2) is 143 Å². The largest absolute Gasteiger partial charge is 0.497 e. The molecule has 72 heavy (non-hydrogen) atoms. The Morgan fingerprint density at radius 1 is 0.806 bits per heavy atom. The van der Waals surface area contributed by atoms with E-state index in [0.29, 0.717) is 57.9 Å². The van der Waals surface area contributed by atoms with Gasteiger partial charge in [-0.25, -0.2) is 4.79 Å². The molecule has 4 N–H and O–H groups in total. The number of nitrogens with two attached hydrogens (primary N) is 1. The van der Waals surface area contributed by atoms with Crippen LogP contribution < -0.4 is 30.6 Å². The minimum Gasteiger partial charge on any atom is -0.497 e. The number of benzene rings is 3. The molecule has 0 aliphatic carbocycles. The number of fused-ring (bicyclic) bond motifs is 1. The van der Waals surface area contributed by atoms with E-state index in [4.69, 9.17) is 29.4 Å². The standard InChI is InChI=1S/C50H69N7O14S/c1-32-33(2)46(34(3)38-20-21-50(7,8)71-45(32)38)72(64,65)54-47(51)56(27-36-18-19-37(66-9)24-39(36)67-10)23-15-22-55(41(59)25-53-48(63)69-31-35-16-13-12-14-17-35)29-42(60)57(30-44(62)70-49(4,5)6)28-40(58)52-26-43(61)68-11/h12-14,16-19,24H,15,20-23,25-31H2,1-11H3,(H2,51,54)(H,52,58)(H,53,63). The van der Waals surface area contributed by atoms with E-state index >= 15 is 0 Å². The zero-order valence-corrected chi connectivity index (χ0v) is 43.9. The minimum absolute atomic E-state index is 0.00646. The number of nitrogens with zero attached hydrogens (tertiary/aromatic N) is 4. The average molecular weight is 1020 g/mol. The Morgan fingerprint density at radius 2 is 1.49 bits per heavy atom. The molecule has 3 aromatic carbocycles. The fourth-order valence-corrected chi connectivity index (χ4v) is 9.20. The zero-order chi connectivity index (χ0) is 53.6. The number of hydrogen-bond donors (Lipinski definition) is 3. The van der Waals surface area contributed by atoms with Gasteiger partial charge in [0.1, 0.15) is 61.2 Å². The Labute approximate surface area is 421 Å². The lowest BCUT2D eigenvalue weighted by molar-refractivity contribution is -0.159. The zero-order valence-electron chi connectivity index (χ0n) is 43.1. The van der Waals surface area contributed by atoms with E-state index in [1.54, 1.807) is 90.1 Å². The van der Waals surface area contributed by atoms with Gasteiger partial charge in [0.05, 0.1) is 32.8 Å². The number of guanidine groups is 1. The van der Waals surface area contributed by atoms with Gasteiger partial charge in [-0.2, -0.15) is 8.42 Å². The molecule has 3 aromatic rings. The summed E-state index contributed by atoms with van der Waals surface area (Å²) in [7, 11) is -0.398. The van der Waals surface area contributed by atoms with E-state index in [2.05, 4.69) is 19.8 Å². The summed E-state index contributed by atoms with van der Waals surface area (Å²) in [6, 6.07) is 13.9. The number of ether oxygens (including phenoxy) is 6. The molecule has 1 heterocycles. The molecule has 0 radical (unpaired) electrons. The highest BCUT2D eigenvalue weighted by Crippen LogP contribution is 2.42. The quantitative estimate of drug-likeness (QED) is 0.0559. The Hall–Kier alpha value is -7.10. The van der Waals surface area contributed by atoms with Crippen molar-refractivity contribution in [3.05, 3.63) is 81.9 Å². The number of sulfonamides is 1. The van der Waals surface area contributed by atoms with Gasteiger partial charge in [0.15, 0.2) is 0 Å². The predicted octanol–water partition coefficient (Wildman–Crippen LogP) is 3.84. The summed E-state index contributed by atoms with van der Waals surface area (Å²) in [5, 5.41) is 4.72. The smallest absolute Gasteiger partial charge is 0.407 e. The second-order valence-electron chi connectivity index (χ2n) is 18.7. The lowest BCUT2D eigenvalue weighted by Gasteiger charge is -2.35. The molecule has 4 rings (SSSR count). The molecule has 0 fully saturated rings. The van der Waals surface area contributed by atoms with Gasteiger partial charge in [-0.3, -0.25) is 24.0 Å². The third-order valence-electron chi connectivity index (χ3n) is 11.5. The first-order valence-electron chi connectivity index (χ1n) is 23.2. The van der Waals surface area contributed by atoms with Crippen molar-refractivity contribution in [2.75, 3.05) is 67.1 Å². The number of nitrogens with one attached hydrogen (secondary N) is 2. The van der Waals surface area contributed by atoms with Crippen molar-refractivity contribution in [2.45, 2.75) is 104 Å². The molecule has 0 saturated heterocycles. The monoisotopic (exact) mass is 1020 g/mol. The maximum atomic E-state index is 14.4. The topological polar surface area (TPSA) is 264 Å². The summed E-state index contributed by atoms with van der Waals surface area (Å²) >= 11 is 0. The number of rotatable bonds is 22. The highest BCUT2D eigenvalue weighted by atomic mass is 32.2. The van der Waals surface area contributed by atoms with Gasteiger partial charge in [-0.05, 0) is 115 Å². The van der Waals surface area contributed by atoms with Crippen LogP contribution in [0.4, 0.5) is 4.79 Å². The van der Waals surface area contributed by atoms with Crippen molar-refractivity contribution in [1.29, 1.82) is 0 Å². The van der Waals surface area contributed by atoms with E-state index in [9.17, 15) is 37.2 Å². The molecule has 0 aromatic heterocycles. The number of methoxy groups -OCH3 is 3. The molecule has 0 spiro atoms. The van der Waals surface area contributed by atoms with Gasteiger partial charge in [-0.15, -0.1) is 4.40 Å². The third kappa shape index (κ3) is 16.8. The second kappa shape index (κ2) is 25.3. The van der Waals surface area contributed by atoms with Gasteiger partial charge >= 0.3 is 18.0 Å². The van der Waals surface area contributed by atoms with Gasteiger partial charge in [0.25, 0.3) is 10.0 Å². The van der Waals surface area contributed by atoms with Crippen LogP contribution in [-0.2, 0) is 67.8 Å². The van der Waals surface area contributed by atoms with Crippen LogP contribution in [0.2, 0.25) is 0 Å². The molecule has 0 unspecified atom stereocenters. The summed E-state index contributed by atoms with van der Waals surface area (Å²) < 4.78 is 65.7. The van der Waals surface area contributed by atoms with Crippen LogP contribution in [0.1, 0.15) is 80.8 Å². The minimum atomic E-state index is -4.48. The van der Waals surface area contributed by atoms with E-state index in [1.807, 2.05) is 13.8 Å². The Morgan fingerprint density at radius 3 is 2.12 bits per heavy atom. The van der Waals surface area contributed by atoms with Crippen LogP contribution in [0.15, 0.2) is 57.8 Å². The fraction of sp³-hybridized carbons (Fsp3) is 0.500. The third-order valence-corrected chi connectivity index (χ3v) is 13.1. The summed E-state index contributed by atoms with van der Waals surface area (Å²) in [5.41, 5.74) is 8.94. The molecule has 1 aliphatic heterocycles. The van der Waals surface area contributed by atoms with E-state index in [1.165, 1.54) is 19.1 Å². The van der Waals surface area contributed by atoms with E-state index < -0.39 is 95.7 Å². The maximum absolute atomic E-state index is 14.4. The lowest BCUT2D eigenvalue weighted by atomic mass is 9.88. The molecule has 0 bridgehead atoms. The number of esters is 2. The van der Waals surface area contributed by atoms with Gasteiger partial charge < -0.3 is 59.5 Å². The summed E-state index contributed by atoms with van der Waals surface area (Å²) in [4.78, 5) is 82.2. The lowest BCUT2D eigenvalue weighted by Crippen LogP contribution is -2.51. The average Bonchev–Trinajstić information content (AvgIpc) is 3.31. The van der Waals surface area contributed by atoms with Crippen LogP contribution in [0.5, 0.6) is 17.2 Å². The number of amides is 4. The summed E-state index contributed by atoms with van der Waals surface area (Å²) in [6.07, 6.45) is 0.345. The molecule has 0 saturated carbocycles. The maximum Gasteiger partial charge on any atom is 0.407 e.